The number of methoxy groups -OCH3 is 1. The summed E-state index contributed by atoms with van der Waals surface area (Å²) < 4.78 is 5.31. The lowest BCUT2D eigenvalue weighted by Gasteiger charge is -2.07. The minimum atomic E-state index is 0.836. The normalized spacial score (nSPS) is 10.9. The van der Waals surface area contributed by atoms with Crippen LogP contribution in [0.5, 0.6) is 5.75 Å². The molecule has 3 nitrogen and oxygen atoms in total. The summed E-state index contributed by atoms with van der Waals surface area (Å²) in [6.45, 7) is 6.10. The fraction of sp³-hybridized carbons (Fsp3) is 0.250. The molecule has 0 fully saturated rings. The molecule has 0 heterocycles. The SMILES string of the molecule is COc1cc(/N=N/c2ccc(C)cc2)c(C)cc1C. The molecule has 0 spiro atoms. The summed E-state index contributed by atoms with van der Waals surface area (Å²) in [6, 6.07) is 11.9. The second kappa shape index (κ2) is 5.65. The van der Waals surface area contributed by atoms with Crippen LogP contribution in [0, 0.1) is 20.8 Å². The standard InChI is InChI=1S/C16H18N2O/c1-11-5-7-14(8-6-11)17-18-15-10-16(19-4)13(3)9-12(15)2/h5-10H,1-4H3/b18-17+. The molecule has 0 saturated carbocycles. The molecule has 0 aliphatic heterocycles. The summed E-state index contributed by atoms with van der Waals surface area (Å²) >= 11 is 0. The van der Waals surface area contributed by atoms with E-state index in [1.54, 1.807) is 7.11 Å². The van der Waals surface area contributed by atoms with E-state index < -0.39 is 0 Å². The minimum absolute atomic E-state index is 0.836. The zero-order valence-electron chi connectivity index (χ0n) is 11.8. The van der Waals surface area contributed by atoms with Gasteiger partial charge in [0.15, 0.2) is 0 Å². The zero-order valence-corrected chi connectivity index (χ0v) is 11.8. The largest absolute Gasteiger partial charge is 0.496 e. The van der Waals surface area contributed by atoms with Gasteiger partial charge in [0.2, 0.25) is 0 Å². The molecule has 0 saturated heterocycles. The fourth-order valence-electron chi connectivity index (χ4n) is 1.87. The van der Waals surface area contributed by atoms with Gasteiger partial charge in [0.25, 0.3) is 0 Å². The van der Waals surface area contributed by atoms with Crippen LogP contribution in [0.1, 0.15) is 16.7 Å². The average molecular weight is 254 g/mol. The highest BCUT2D eigenvalue weighted by Gasteiger charge is 2.04. The minimum Gasteiger partial charge on any atom is -0.496 e. The van der Waals surface area contributed by atoms with Gasteiger partial charge in [-0.15, -0.1) is 0 Å². The first kappa shape index (κ1) is 13.3. The highest BCUT2D eigenvalue weighted by molar-refractivity contribution is 5.53. The van der Waals surface area contributed by atoms with Crippen molar-refractivity contribution in [3.63, 3.8) is 0 Å². The van der Waals surface area contributed by atoms with Crippen LogP contribution in [-0.2, 0) is 0 Å². The Labute approximate surface area is 114 Å². The van der Waals surface area contributed by atoms with Crippen molar-refractivity contribution >= 4 is 11.4 Å². The third-order valence-electron chi connectivity index (χ3n) is 3.02. The third-order valence-corrected chi connectivity index (χ3v) is 3.02. The quantitative estimate of drug-likeness (QED) is 0.707. The summed E-state index contributed by atoms with van der Waals surface area (Å²) in [5.41, 5.74) is 5.10. The Kier molecular flexibility index (Phi) is 3.95. The molecule has 98 valence electrons. The molecule has 2 aromatic carbocycles. The second-order valence-corrected chi connectivity index (χ2v) is 4.64. The van der Waals surface area contributed by atoms with Gasteiger partial charge in [-0.25, -0.2) is 0 Å². The summed E-state index contributed by atoms with van der Waals surface area (Å²) in [5.74, 6) is 0.837. The fourth-order valence-corrected chi connectivity index (χ4v) is 1.87. The highest BCUT2D eigenvalue weighted by atomic mass is 16.5. The van der Waals surface area contributed by atoms with Gasteiger partial charge in [-0.2, -0.15) is 10.2 Å². The van der Waals surface area contributed by atoms with Gasteiger partial charge in [-0.3, -0.25) is 0 Å². The molecule has 0 unspecified atom stereocenters. The molecule has 0 N–H and O–H groups in total. The van der Waals surface area contributed by atoms with Crippen LogP contribution in [0.15, 0.2) is 46.6 Å². The van der Waals surface area contributed by atoms with Crippen LogP contribution in [0.25, 0.3) is 0 Å². The predicted molar refractivity (Wildman–Crippen MR) is 77.8 cm³/mol. The molecular formula is C16H18N2O. The van der Waals surface area contributed by atoms with E-state index in [1.165, 1.54) is 5.56 Å². The average Bonchev–Trinajstić information content (AvgIpc) is 2.40. The van der Waals surface area contributed by atoms with Crippen molar-refractivity contribution in [3.05, 3.63) is 53.1 Å². The first-order chi connectivity index (χ1) is 9.10. The van der Waals surface area contributed by atoms with E-state index in [9.17, 15) is 0 Å². The Morgan fingerprint density at radius 3 is 2.16 bits per heavy atom. The Bertz CT molecular complexity index is 601. The van der Waals surface area contributed by atoms with Gasteiger partial charge in [0.1, 0.15) is 5.75 Å². The van der Waals surface area contributed by atoms with Crippen molar-refractivity contribution in [2.75, 3.05) is 7.11 Å². The predicted octanol–water partition coefficient (Wildman–Crippen LogP) is 5.04. The highest BCUT2D eigenvalue weighted by Crippen LogP contribution is 2.29. The number of hydrogen-bond acceptors (Lipinski definition) is 3. The maximum atomic E-state index is 5.31. The van der Waals surface area contributed by atoms with E-state index >= 15 is 0 Å². The molecule has 0 aromatic heterocycles. The molecule has 0 aliphatic carbocycles. The summed E-state index contributed by atoms with van der Waals surface area (Å²) in [6.07, 6.45) is 0. The van der Waals surface area contributed by atoms with E-state index in [0.29, 0.717) is 0 Å². The topological polar surface area (TPSA) is 34.0 Å². The third kappa shape index (κ3) is 3.19. The van der Waals surface area contributed by atoms with Crippen LogP contribution in [0.4, 0.5) is 11.4 Å². The van der Waals surface area contributed by atoms with Crippen LogP contribution < -0.4 is 4.74 Å². The number of aryl methyl sites for hydroxylation is 3. The van der Waals surface area contributed by atoms with Crippen molar-refractivity contribution in [1.29, 1.82) is 0 Å². The van der Waals surface area contributed by atoms with Crippen molar-refractivity contribution in [1.82, 2.24) is 0 Å². The van der Waals surface area contributed by atoms with Crippen molar-refractivity contribution in [3.8, 4) is 5.75 Å². The van der Waals surface area contributed by atoms with E-state index in [4.69, 9.17) is 4.74 Å². The van der Waals surface area contributed by atoms with Crippen molar-refractivity contribution < 1.29 is 4.74 Å². The number of azo groups is 1. The van der Waals surface area contributed by atoms with Gasteiger partial charge in [-0.05, 0) is 44.0 Å². The number of ether oxygens (including phenoxy) is 1. The molecule has 2 aromatic rings. The Hall–Kier alpha value is -2.16. The number of rotatable bonds is 3. The first-order valence-electron chi connectivity index (χ1n) is 6.24. The molecule has 3 heteroatoms. The van der Waals surface area contributed by atoms with Gasteiger partial charge in [0, 0.05) is 6.07 Å². The van der Waals surface area contributed by atoms with Crippen LogP contribution in [0.3, 0.4) is 0 Å². The number of benzene rings is 2. The molecule has 19 heavy (non-hydrogen) atoms. The van der Waals surface area contributed by atoms with Gasteiger partial charge in [0.05, 0.1) is 18.5 Å². The van der Waals surface area contributed by atoms with Crippen molar-refractivity contribution in [2.24, 2.45) is 10.2 Å². The maximum Gasteiger partial charge on any atom is 0.124 e. The number of hydrogen-bond donors (Lipinski definition) is 0. The Morgan fingerprint density at radius 2 is 1.53 bits per heavy atom. The maximum absolute atomic E-state index is 5.31. The lowest BCUT2D eigenvalue weighted by Crippen LogP contribution is -1.87. The van der Waals surface area contributed by atoms with Crippen LogP contribution in [-0.4, -0.2) is 7.11 Å². The summed E-state index contributed by atoms with van der Waals surface area (Å²) in [4.78, 5) is 0. The first-order valence-corrected chi connectivity index (χ1v) is 6.24. The monoisotopic (exact) mass is 254 g/mol. The van der Waals surface area contributed by atoms with E-state index in [-0.39, 0.29) is 0 Å². The summed E-state index contributed by atoms with van der Waals surface area (Å²) in [5, 5.41) is 8.55. The molecule has 0 amide bonds. The van der Waals surface area contributed by atoms with Gasteiger partial charge < -0.3 is 4.74 Å². The number of nitrogens with zero attached hydrogens (tertiary/aromatic N) is 2. The van der Waals surface area contributed by atoms with Gasteiger partial charge >= 0.3 is 0 Å². The van der Waals surface area contributed by atoms with Gasteiger partial charge in [-0.1, -0.05) is 23.8 Å². The summed E-state index contributed by atoms with van der Waals surface area (Å²) in [7, 11) is 1.67. The van der Waals surface area contributed by atoms with E-state index in [0.717, 1.165) is 28.3 Å². The lowest BCUT2D eigenvalue weighted by molar-refractivity contribution is 0.411. The Balaban J connectivity index is 2.30. The van der Waals surface area contributed by atoms with Crippen LogP contribution >= 0.6 is 0 Å². The Morgan fingerprint density at radius 1 is 0.842 bits per heavy atom. The molecule has 0 aliphatic rings. The zero-order chi connectivity index (χ0) is 13.8. The van der Waals surface area contributed by atoms with Crippen molar-refractivity contribution in [2.45, 2.75) is 20.8 Å². The van der Waals surface area contributed by atoms with E-state index in [2.05, 4.69) is 23.2 Å². The second-order valence-electron chi connectivity index (χ2n) is 4.64. The molecule has 0 atom stereocenters. The molecular weight excluding hydrogens is 236 g/mol. The smallest absolute Gasteiger partial charge is 0.124 e. The van der Waals surface area contributed by atoms with Crippen LogP contribution in [0.2, 0.25) is 0 Å². The van der Waals surface area contributed by atoms with E-state index in [1.807, 2.05) is 44.2 Å². The lowest BCUT2D eigenvalue weighted by atomic mass is 10.1. The molecule has 0 radical (unpaired) electrons. The molecule has 0 bridgehead atoms. The molecule has 2 rings (SSSR count).